The molecule has 1 fully saturated rings. The maximum absolute atomic E-state index is 13.6. The van der Waals surface area contributed by atoms with Crippen LogP contribution < -0.4 is 10.4 Å². The first-order valence-corrected chi connectivity index (χ1v) is 15.1. The molecule has 1 aliphatic carbocycles. The van der Waals surface area contributed by atoms with Gasteiger partial charge in [-0.25, -0.2) is 22.9 Å². The molecule has 0 aliphatic heterocycles. The lowest BCUT2D eigenvalue weighted by atomic mass is 9.69. The number of pyridine rings is 1. The van der Waals surface area contributed by atoms with Gasteiger partial charge in [0.25, 0.3) is 0 Å². The molecule has 2 atom stereocenters. The van der Waals surface area contributed by atoms with Gasteiger partial charge in [0.1, 0.15) is 0 Å². The van der Waals surface area contributed by atoms with Crippen molar-refractivity contribution in [1.82, 2.24) is 29.0 Å². The van der Waals surface area contributed by atoms with Crippen molar-refractivity contribution in [1.29, 1.82) is 0 Å². The molecule has 0 spiro atoms. The third kappa shape index (κ3) is 5.49. The van der Waals surface area contributed by atoms with Gasteiger partial charge in [0.05, 0.1) is 10.4 Å². The third-order valence-corrected chi connectivity index (χ3v) is 9.34. The first kappa shape index (κ1) is 28.2. The zero-order valence-electron chi connectivity index (χ0n) is 24.2. The maximum atomic E-state index is 13.6. The summed E-state index contributed by atoms with van der Waals surface area (Å²) in [5.74, 6) is 0.743. The smallest absolute Gasteiger partial charge is 0.330 e. The van der Waals surface area contributed by atoms with Gasteiger partial charge in [-0.2, -0.15) is 0 Å². The SMILES string of the molecule is Cc1nnc(-c2cccc(S(=O)(=O)NC3CC(c4ccc5c(n4)n(C)c(=O)n5CC(C)(C)C)CCC3(C)C)c2)o1. The number of fused-ring (bicyclic) bond motifs is 1. The van der Waals surface area contributed by atoms with Crippen molar-refractivity contribution in [3.8, 4) is 11.5 Å². The Labute approximate surface area is 234 Å². The molecule has 0 bridgehead atoms. The Kier molecular flexibility index (Phi) is 7.02. The van der Waals surface area contributed by atoms with E-state index < -0.39 is 10.0 Å². The number of nitrogens with one attached hydrogen (secondary N) is 1. The van der Waals surface area contributed by atoms with Crippen LogP contribution in [0.1, 0.15) is 71.4 Å². The van der Waals surface area contributed by atoms with Crippen molar-refractivity contribution < 1.29 is 12.8 Å². The number of sulfonamides is 1. The van der Waals surface area contributed by atoms with Gasteiger partial charge in [0.15, 0.2) is 5.65 Å². The molecule has 214 valence electrons. The monoisotopic (exact) mass is 566 g/mol. The number of hydrogen-bond donors (Lipinski definition) is 1. The van der Waals surface area contributed by atoms with E-state index in [1.807, 2.05) is 12.1 Å². The van der Waals surface area contributed by atoms with E-state index >= 15 is 0 Å². The quantitative estimate of drug-likeness (QED) is 0.356. The van der Waals surface area contributed by atoms with E-state index in [1.165, 1.54) is 0 Å². The van der Waals surface area contributed by atoms with Crippen LogP contribution in [0, 0.1) is 17.8 Å². The Hall–Kier alpha value is -3.31. The van der Waals surface area contributed by atoms with Gasteiger partial charge in [-0.1, -0.05) is 40.7 Å². The van der Waals surface area contributed by atoms with Crippen LogP contribution in [0.5, 0.6) is 0 Å². The molecule has 11 heteroatoms. The summed E-state index contributed by atoms with van der Waals surface area (Å²) >= 11 is 0. The van der Waals surface area contributed by atoms with E-state index in [-0.39, 0.29) is 39.3 Å². The van der Waals surface area contributed by atoms with Gasteiger partial charge < -0.3 is 4.42 Å². The number of aryl methyl sites for hydroxylation is 2. The molecule has 10 nitrogen and oxygen atoms in total. The molecule has 0 amide bonds. The highest BCUT2D eigenvalue weighted by atomic mass is 32.2. The van der Waals surface area contributed by atoms with Crippen molar-refractivity contribution >= 4 is 21.2 Å². The van der Waals surface area contributed by atoms with Crippen molar-refractivity contribution in [3.63, 3.8) is 0 Å². The van der Waals surface area contributed by atoms with Crippen molar-refractivity contribution in [2.45, 2.75) is 84.2 Å². The van der Waals surface area contributed by atoms with Gasteiger partial charge >= 0.3 is 5.69 Å². The van der Waals surface area contributed by atoms with E-state index in [2.05, 4.69) is 49.5 Å². The Morgan fingerprint density at radius 3 is 2.58 bits per heavy atom. The van der Waals surface area contributed by atoms with E-state index in [0.717, 1.165) is 24.1 Å². The van der Waals surface area contributed by atoms with Crippen LogP contribution in [0.25, 0.3) is 22.6 Å². The second kappa shape index (κ2) is 9.95. The number of aromatic nitrogens is 5. The molecule has 3 heterocycles. The van der Waals surface area contributed by atoms with Crippen molar-refractivity contribution in [2.75, 3.05) is 0 Å². The summed E-state index contributed by atoms with van der Waals surface area (Å²) in [4.78, 5) is 18.1. The van der Waals surface area contributed by atoms with Gasteiger partial charge in [-0.3, -0.25) is 9.13 Å². The normalized spacial score (nSPS) is 19.8. The number of benzene rings is 1. The lowest BCUT2D eigenvalue weighted by Crippen LogP contribution is -2.48. The molecule has 5 rings (SSSR count). The highest BCUT2D eigenvalue weighted by Gasteiger charge is 2.40. The fourth-order valence-electron chi connectivity index (χ4n) is 5.53. The standard InChI is InChI=1S/C29H38N6O4S/c1-18-31-32-26(39-18)20-9-8-10-21(15-20)40(37,38)33-24-16-19(13-14-29(24,5)6)22-11-12-23-25(30-22)34(7)27(36)35(23)17-28(2,3)4/h8-12,15,19,24,33H,13-14,16-17H2,1-7H3. The first-order chi connectivity index (χ1) is 18.6. The van der Waals surface area contributed by atoms with Crippen LogP contribution in [-0.4, -0.2) is 38.8 Å². The Bertz CT molecular complexity index is 1730. The third-order valence-electron chi connectivity index (χ3n) is 7.87. The largest absolute Gasteiger partial charge is 0.421 e. The van der Waals surface area contributed by atoms with Crippen LogP contribution in [0.15, 0.2) is 50.5 Å². The van der Waals surface area contributed by atoms with Gasteiger partial charge in [0.2, 0.25) is 21.8 Å². The molecule has 2 unspecified atom stereocenters. The second-order valence-electron chi connectivity index (χ2n) is 12.9. The van der Waals surface area contributed by atoms with Crippen molar-refractivity contribution in [2.24, 2.45) is 17.9 Å². The predicted octanol–water partition coefficient (Wildman–Crippen LogP) is 4.78. The number of nitrogens with zero attached hydrogens (tertiary/aromatic N) is 5. The minimum absolute atomic E-state index is 0.0545. The molecule has 1 aliphatic rings. The molecular weight excluding hydrogens is 528 g/mol. The fourth-order valence-corrected chi connectivity index (χ4v) is 6.99. The fraction of sp³-hybridized carbons (Fsp3) is 0.517. The van der Waals surface area contributed by atoms with Crippen LogP contribution in [-0.2, 0) is 23.6 Å². The molecule has 3 aromatic heterocycles. The molecular formula is C29H38N6O4S. The van der Waals surface area contributed by atoms with Gasteiger partial charge in [-0.15, -0.1) is 10.2 Å². The minimum Gasteiger partial charge on any atom is -0.421 e. The average molecular weight is 567 g/mol. The van der Waals surface area contributed by atoms with E-state index in [1.54, 1.807) is 47.4 Å². The zero-order chi connectivity index (χ0) is 29.0. The minimum atomic E-state index is -3.83. The van der Waals surface area contributed by atoms with Crippen LogP contribution >= 0.6 is 0 Å². The molecule has 40 heavy (non-hydrogen) atoms. The molecule has 4 aromatic rings. The van der Waals surface area contributed by atoms with E-state index in [9.17, 15) is 13.2 Å². The summed E-state index contributed by atoms with van der Waals surface area (Å²) in [6.07, 6.45) is 2.31. The van der Waals surface area contributed by atoms with Crippen LogP contribution in [0.3, 0.4) is 0 Å². The maximum Gasteiger partial charge on any atom is 0.330 e. The Morgan fingerprint density at radius 1 is 1.15 bits per heavy atom. The number of rotatable bonds is 6. The summed E-state index contributed by atoms with van der Waals surface area (Å²) in [7, 11) is -2.08. The Morgan fingerprint density at radius 2 is 1.90 bits per heavy atom. The predicted molar refractivity (Wildman–Crippen MR) is 153 cm³/mol. The lowest BCUT2D eigenvalue weighted by molar-refractivity contribution is 0.170. The zero-order valence-corrected chi connectivity index (χ0v) is 25.0. The van der Waals surface area contributed by atoms with Crippen LogP contribution in [0.2, 0.25) is 0 Å². The number of imidazole rings is 1. The molecule has 0 saturated heterocycles. The number of hydrogen-bond acceptors (Lipinski definition) is 7. The van der Waals surface area contributed by atoms with Crippen molar-refractivity contribution in [3.05, 3.63) is 58.5 Å². The van der Waals surface area contributed by atoms with Gasteiger partial charge in [0, 0.05) is 43.7 Å². The van der Waals surface area contributed by atoms with E-state index in [4.69, 9.17) is 9.40 Å². The highest BCUT2D eigenvalue weighted by molar-refractivity contribution is 7.89. The van der Waals surface area contributed by atoms with Gasteiger partial charge in [-0.05, 0) is 60.4 Å². The molecule has 0 radical (unpaired) electrons. The lowest BCUT2D eigenvalue weighted by Gasteiger charge is -2.42. The average Bonchev–Trinajstić information content (AvgIpc) is 3.41. The van der Waals surface area contributed by atoms with E-state index in [0.29, 0.717) is 30.1 Å². The topological polar surface area (TPSA) is 125 Å². The molecule has 1 N–H and O–H groups in total. The summed E-state index contributed by atoms with van der Waals surface area (Å²) in [6, 6.07) is 10.2. The molecule has 1 aromatic carbocycles. The second-order valence-corrected chi connectivity index (χ2v) is 14.6. The highest BCUT2D eigenvalue weighted by Crippen LogP contribution is 2.43. The summed E-state index contributed by atoms with van der Waals surface area (Å²) < 4.78 is 39.0. The summed E-state index contributed by atoms with van der Waals surface area (Å²) in [5, 5.41) is 7.85. The Balaban J connectivity index is 1.42. The van der Waals surface area contributed by atoms with Crippen LogP contribution in [0.4, 0.5) is 0 Å². The molecule has 1 saturated carbocycles. The summed E-state index contributed by atoms with van der Waals surface area (Å²) in [6.45, 7) is 12.8. The first-order valence-electron chi connectivity index (χ1n) is 13.6. The summed E-state index contributed by atoms with van der Waals surface area (Å²) in [5.41, 5.74) is 2.51.